The van der Waals surface area contributed by atoms with E-state index in [0.29, 0.717) is 11.8 Å². The minimum Gasteiger partial charge on any atom is -0.439 e. The molecule has 0 saturated heterocycles. The second-order valence-corrected chi connectivity index (χ2v) is 6.47. The Labute approximate surface area is 134 Å². The lowest BCUT2D eigenvalue weighted by molar-refractivity contribution is 0.457. The van der Waals surface area contributed by atoms with E-state index in [9.17, 15) is 0 Å². The van der Waals surface area contributed by atoms with Crippen LogP contribution in [0.4, 0.5) is 0 Å². The summed E-state index contributed by atoms with van der Waals surface area (Å²) in [5.41, 5.74) is 2.22. The van der Waals surface area contributed by atoms with Gasteiger partial charge in [-0.3, -0.25) is 0 Å². The van der Waals surface area contributed by atoms with E-state index in [0.717, 1.165) is 28.9 Å². The van der Waals surface area contributed by atoms with E-state index in [-0.39, 0.29) is 0 Å². The van der Waals surface area contributed by atoms with Gasteiger partial charge in [0.15, 0.2) is 0 Å². The topological polar surface area (TPSA) is 34.2 Å². The van der Waals surface area contributed by atoms with Gasteiger partial charge in [-0.1, -0.05) is 35.8 Å². The number of pyridine rings is 1. The molecule has 0 radical (unpaired) electrons. The summed E-state index contributed by atoms with van der Waals surface area (Å²) < 4.78 is 6.82. The summed E-state index contributed by atoms with van der Waals surface area (Å²) in [7, 11) is 0. The quantitative estimate of drug-likeness (QED) is 0.822. The molecule has 1 N–H and O–H groups in total. The van der Waals surface area contributed by atoms with Crippen LogP contribution in [0.5, 0.6) is 11.6 Å². The molecular formula is C17H21BrN2O. The molecule has 0 spiro atoms. The van der Waals surface area contributed by atoms with Crippen molar-refractivity contribution < 1.29 is 4.74 Å². The third-order valence-electron chi connectivity index (χ3n) is 2.98. The number of benzene rings is 1. The monoisotopic (exact) mass is 348 g/mol. The molecule has 3 nitrogen and oxygen atoms in total. The fourth-order valence-electron chi connectivity index (χ4n) is 1.97. The van der Waals surface area contributed by atoms with E-state index < -0.39 is 0 Å². The molecule has 0 aliphatic heterocycles. The van der Waals surface area contributed by atoms with Crippen LogP contribution in [0.2, 0.25) is 0 Å². The molecule has 0 fully saturated rings. The van der Waals surface area contributed by atoms with Gasteiger partial charge in [-0.05, 0) is 49.2 Å². The standard InChI is InChI=1S/C17H21BrN2O/c1-12(2)9-19-10-14-7-13(3)17(20-11-14)21-16-6-4-5-15(18)8-16/h4-8,11-12,19H,9-10H2,1-3H3. The van der Waals surface area contributed by atoms with Gasteiger partial charge in [0.25, 0.3) is 0 Å². The van der Waals surface area contributed by atoms with Crippen LogP contribution in [0.1, 0.15) is 25.0 Å². The number of hydrogen-bond acceptors (Lipinski definition) is 3. The number of nitrogens with zero attached hydrogens (tertiary/aromatic N) is 1. The Morgan fingerprint density at radius 3 is 2.76 bits per heavy atom. The maximum absolute atomic E-state index is 5.83. The number of hydrogen-bond donors (Lipinski definition) is 1. The number of halogens is 1. The lowest BCUT2D eigenvalue weighted by atomic mass is 10.2. The van der Waals surface area contributed by atoms with Crippen LogP contribution in [0, 0.1) is 12.8 Å². The molecule has 4 heteroatoms. The largest absolute Gasteiger partial charge is 0.439 e. The zero-order valence-electron chi connectivity index (χ0n) is 12.7. The fraction of sp³-hybridized carbons (Fsp3) is 0.353. The molecule has 21 heavy (non-hydrogen) atoms. The summed E-state index contributed by atoms with van der Waals surface area (Å²) in [6, 6.07) is 9.88. The summed E-state index contributed by atoms with van der Waals surface area (Å²) in [6.07, 6.45) is 1.87. The lowest BCUT2D eigenvalue weighted by Gasteiger charge is -2.11. The van der Waals surface area contributed by atoms with Gasteiger partial charge in [-0.15, -0.1) is 0 Å². The van der Waals surface area contributed by atoms with Crippen molar-refractivity contribution in [3.05, 3.63) is 52.1 Å². The highest BCUT2D eigenvalue weighted by Gasteiger charge is 2.05. The molecule has 0 bridgehead atoms. The molecule has 2 rings (SSSR count). The summed E-state index contributed by atoms with van der Waals surface area (Å²) >= 11 is 3.44. The fourth-order valence-corrected chi connectivity index (χ4v) is 2.35. The lowest BCUT2D eigenvalue weighted by Crippen LogP contribution is -2.19. The van der Waals surface area contributed by atoms with Crippen molar-refractivity contribution in [3.63, 3.8) is 0 Å². The summed E-state index contributed by atoms with van der Waals surface area (Å²) in [5, 5.41) is 3.42. The zero-order chi connectivity index (χ0) is 15.2. The van der Waals surface area contributed by atoms with Gasteiger partial charge in [0.1, 0.15) is 5.75 Å². The molecule has 0 amide bonds. The molecule has 1 aromatic heterocycles. The highest BCUT2D eigenvalue weighted by Crippen LogP contribution is 2.25. The molecule has 112 valence electrons. The molecule has 0 aliphatic rings. The van der Waals surface area contributed by atoms with Crippen molar-refractivity contribution in [2.75, 3.05) is 6.54 Å². The Kier molecular flexibility index (Phi) is 5.76. The van der Waals surface area contributed by atoms with Crippen molar-refractivity contribution in [1.82, 2.24) is 10.3 Å². The maximum atomic E-state index is 5.83. The number of ether oxygens (including phenoxy) is 1. The molecule has 0 saturated carbocycles. The van der Waals surface area contributed by atoms with Crippen molar-refractivity contribution in [1.29, 1.82) is 0 Å². The first kappa shape index (κ1) is 16.0. The van der Waals surface area contributed by atoms with E-state index in [2.05, 4.69) is 46.1 Å². The molecule has 0 aliphatic carbocycles. The predicted molar refractivity (Wildman–Crippen MR) is 89.7 cm³/mol. The molecule has 0 unspecified atom stereocenters. The van der Waals surface area contributed by atoms with E-state index >= 15 is 0 Å². The highest BCUT2D eigenvalue weighted by molar-refractivity contribution is 9.10. The van der Waals surface area contributed by atoms with Gasteiger partial charge >= 0.3 is 0 Å². The molecule has 1 heterocycles. The molecular weight excluding hydrogens is 328 g/mol. The summed E-state index contributed by atoms with van der Waals surface area (Å²) in [4.78, 5) is 4.42. The van der Waals surface area contributed by atoms with Crippen molar-refractivity contribution in [2.45, 2.75) is 27.3 Å². The Bertz CT molecular complexity index is 599. The smallest absolute Gasteiger partial charge is 0.222 e. The van der Waals surface area contributed by atoms with Crippen molar-refractivity contribution >= 4 is 15.9 Å². The molecule has 0 atom stereocenters. The molecule has 2 aromatic rings. The average molecular weight is 349 g/mol. The van der Waals surface area contributed by atoms with Crippen LogP contribution in [0.3, 0.4) is 0 Å². The normalized spacial score (nSPS) is 10.9. The highest BCUT2D eigenvalue weighted by atomic mass is 79.9. The van der Waals surface area contributed by atoms with Crippen LogP contribution in [0.15, 0.2) is 41.0 Å². The van der Waals surface area contributed by atoms with Gasteiger partial charge in [0.2, 0.25) is 5.88 Å². The average Bonchev–Trinajstić information content (AvgIpc) is 2.41. The minimum atomic E-state index is 0.651. The van der Waals surface area contributed by atoms with Crippen LogP contribution in [-0.4, -0.2) is 11.5 Å². The Morgan fingerprint density at radius 1 is 1.29 bits per heavy atom. The number of aryl methyl sites for hydroxylation is 1. The van der Waals surface area contributed by atoms with Gasteiger partial charge in [0.05, 0.1) is 0 Å². The van der Waals surface area contributed by atoms with Crippen LogP contribution < -0.4 is 10.1 Å². The van der Waals surface area contributed by atoms with Crippen molar-refractivity contribution in [3.8, 4) is 11.6 Å². The first-order chi connectivity index (χ1) is 10.0. The second-order valence-electron chi connectivity index (χ2n) is 5.55. The summed E-state index contributed by atoms with van der Waals surface area (Å²) in [6.45, 7) is 8.27. The Morgan fingerprint density at radius 2 is 2.10 bits per heavy atom. The predicted octanol–water partition coefficient (Wildman–Crippen LogP) is 4.69. The number of nitrogens with one attached hydrogen (secondary N) is 1. The minimum absolute atomic E-state index is 0.651. The Balaban J connectivity index is 2.02. The zero-order valence-corrected chi connectivity index (χ0v) is 14.3. The number of aromatic nitrogens is 1. The first-order valence-electron chi connectivity index (χ1n) is 7.14. The SMILES string of the molecule is Cc1cc(CNCC(C)C)cnc1Oc1cccc(Br)c1. The first-order valence-corrected chi connectivity index (χ1v) is 7.93. The summed E-state index contributed by atoms with van der Waals surface area (Å²) in [5.74, 6) is 2.09. The van der Waals surface area contributed by atoms with Crippen LogP contribution in [0.25, 0.3) is 0 Å². The van der Waals surface area contributed by atoms with Gasteiger partial charge < -0.3 is 10.1 Å². The second kappa shape index (κ2) is 7.57. The van der Waals surface area contributed by atoms with Crippen LogP contribution in [-0.2, 0) is 6.54 Å². The van der Waals surface area contributed by atoms with E-state index in [1.165, 1.54) is 5.56 Å². The van der Waals surface area contributed by atoms with Crippen molar-refractivity contribution in [2.24, 2.45) is 5.92 Å². The third kappa shape index (κ3) is 5.14. The van der Waals surface area contributed by atoms with E-state index in [1.54, 1.807) is 0 Å². The third-order valence-corrected chi connectivity index (χ3v) is 3.47. The van der Waals surface area contributed by atoms with Gasteiger partial charge in [0, 0.05) is 22.8 Å². The maximum Gasteiger partial charge on any atom is 0.222 e. The van der Waals surface area contributed by atoms with Gasteiger partial charge in [-0.2, -0.15) is 0 Å². The van der Waals surface area contributed by atoms with E-state index in [1.807, 2.05) is 37.4 Å². The van der Waals surface area contributed by atoms with E-state index in [4.69, 9.17) is 4.74 Å². The Hall–Kier alpha value is -1.39. The number of rotatable bonds is 6. The van der Waals surface area contributed by atoms with Crippen LogP contribution >= 0.6 is 15.9 Å². The molecule has 1 aromatic carbocycles. The van der Waals surface area contributed by atoms with Gasteiger partial charge in [-0.25, -0.2) is 4.98 Å².